The van der Waals surface area contributed by atoms with Crippen LogP contribution < -0.4 is 5.73 Å². The molecule has 1 unspecified atom stereocenters. The summed E-state index contributed by atoms with van der Waals surface area (Å²) >= 11 is 0. The Morgan fingerprint density at radius 2 is 1.64 bits per heavy atom. The Morgan fingerprint density at radius 1 is 1.04 bits per heavy atom. The summed E-state index contributed by atoms with van der Waals surface area (Å²) in [4.78, 5) is 19.9. The number of carbonyl (C=O) groups is 1. The summed E-state index contributed by atoms with van der Waals surface area (Å²) in [5, 5.41) is 0. The molecule has 142 valence electrons. The lowest BCUT2D eigenvalue weighted by Crippen LogP contribution is -2.45. The Balaban J connectivity index is 1.72. The van der Waals surface area contributed by atoms with Crippen molar-refractivity contribution in [3.8, 4) is 0 Å². The lowest BCUT2D eigenvalue weighted by molar-refractivity contribution is -0.132. The number of rotatable bonds is 7. The third-order valence-electron chi connectivity index (χ3n) is 6.74. The van der Waals surface area contributed by atoms with E-state index in [-0.39, 0.29) is 5.91 Å². The first-order valence-corrected chi connectivity index (χ1v) is 10.8. The second-order valence-electron chi connectivity index (χ2n) is 8.71. The summed E-state index contributed by atoms with van der Waals surface area (Å²) in [7, 11) is 0. The summed E-state index contributed by atoms with van der Waals surface area (Å²) in [6.45, 7) is 2.81. The first-order valence-electron chi connectivity index (χ1n) is 10.8. The molecule has 1 atom stereocenters. The second kappa shape index (κ2) is 8.55. The predicted molar refractivity (Wildman–Crippen MR) is 103 cm³/mol. The fourth-order valence-corrected chi connectivity index (χ4v) is 5.31. The first-order chi connectivity index (χ1) is 12.1. The normalized spacial score (nSPS) is 29.2. The molecule has 4 nitrogen and oxygen atoms in total. The van der Waals surface area contributed by atoms with Crippen molar-refractivity contribution in [2.45, 2.75) is 102 Å². The molecular formula is C21H37N3O. The Labute approximate surface area is 153 Å². The van der Waals surface area contributed by atoms with Gasteiger partial charge in [0.1, 0.15) is 5.54 Å². The SMILES string of the molecule is CCCN1C(=O)C(CCC2CCCCC2)(CC2CCCCC2)N=C1N. The van der Waals surface area contributed by atoms with Crippen LogP contribution >= 0.6 is 0 Å². The molecule has 0 spiro atoms. The van der Waals surface area contributed by atoms with Crippen LogP contribution in [0.4, 0.5) is 0 Å². The van der Waals surface area contributed by atoms with Crippen molar-refractivity contribution in [2.75, 3.05) is 6.54 Å². The van der Waals surface area contributed by atoms with Crippen LogP contribution in [0.2, 0.25) is 0 Å². The van der Waals surface area contributed by atoms with Crippen molar-refractivity contribution in [3.05, 3.63) is 0 Å². The molecule has 0 radical (unpaired) electrons. The van der Waals surface area contributed by atoms with Gasteiger partial charge in [0.15, 0.2) is 5.96 Å². The van der Waals surface area contributed by atoms with Crippen molar-refractivity contribution in [3.63, 3.8) is 0 Å². The van der Waals surface area contributed by atoms with Crippen LogP contribution in [0.25, 0.3) is 0 Å². The Hall–Kier alpha value is -1.06. The van der Waals surface area contributed by atoms with Crippen LogP contribution in [0.1, 0.15) is 96.8 Å². The fraction of sp³-hybridized carbons (Fsp3) is 0.905. The van der Waals surface area contributed by atoms with Gasteiger partial charge in [0.25, 0.3) is 5.91 Å². The first kappa shape index (κ1) is 18.7. The molecule has 4 heteroatoms. The molecule has 1 heterocycles. The van der Waals surface area contributed by atoms with Gasteiger partial charge in [-0.15, -0.1) is 0 Å². The van der Waals surface area contributed by atoms with Crippen LogP contribution in [0.3, 0.4) is 0 Å². The largest absolute Gasteiger partial charge is 0.369 e. The molecule has 1 aliphatic heterocycles. The molecule has 0 aromatic heterocycles. The van der Waals surface area contributed by atoms with E-state index >= 15 is 0 Å². The minimum Gasteiger partial charge on any atom is -0.369 e. The highest BCUT2D eigenvalue weighted by molar-refractivity contribution is 6.06. The topological polar surface area (TPSA) is 58.7 Å². The maximum Gasteiger partial charge on any atom is 0.257 e. The predicted octanol–water partition coefficient (Wildman–Crippen LogP) is 4.62. The fourth-order valence-electron chi connectivity index (χ4n) is 5.31. The minimum atomic E-state index is -0.543. The Morgan fingerprint density at radius 3 is 2.24 bits per heavy atom. The van der Waals surface area contributed by atoms with E-state index in [2.05, 4.69) is 6.92 Å². The maximum absolute atomic E-state index is 13.3. The second-order valence-corrected chi connectivity index (χ2v) is 8.71. The number of hydrogen-bond donors (Lipinski definition) is 1. The molecule has 0 aromatic rings. The van der Waals surface area contributed by atoms with E-state index < -0.39 is 5.54 Å². The van der Waals surface area contributed by atoms with E-state index in [1.165, 1.54) is 64.2 Å². The number of amides is 1. The average Bonchev–Trinajstić information content (AvgIpc) is 2.87. The molecule has 1 amide bonds. The molecule has 3 aliphatic rings. The van der Waals surface area contributed by atoms with Crippen molar-refractivity contribution >= 4 is 11.9 Å². The van der Waals surface area contributed by atoms with Crippen LogP contribution in [-0.4, -0.2) is 28.9 Å². The monoisotopic (exact) mass is 347 g/mol. The molecule has 0 bridgehead atoms. The molecule has 3 rings (SSSR count). The molecule has 2 N–H and O–H groups in total. The van der Waals surface area contributed by atoms with Crippen molar-refractivity contribution < 1.29 is 4.79 Å². The number of nitrogens with zero attached hydrogens (tertiary/aromatic N) is 2. The molecular weight excluding hydrogens is 310 g/mol. The van der Waals surface area contributed by atoms with Crippen LogP contribution in [-0.2, 0) is 4.79 Å². The lowest BCUT2D eigenvalue weighted by Gasteiger charge is -2.33. The average molecular weight is 348 g/mol. The quantitative estimate of drug-likeness (QED) is 0.730. The van der Waals surface area contributed by atoms with E-state index in [1.54, 1.807) is 4.90 Å². The Kier molecular flexibility index (Phi) is 6.40. The minimum absolute atomic E-state index is 0.202. The Bertz CT molecular complexity index is 478. The molecule has 2 saturated carbocycles. The zero-order valence-corrected chi connectivity index (χ0v) is 16.1. The zero-order chi connectivity index (χ0) is 17.7. The van der Waals surface area contributed by atoms with E-state index in [9.17, 15) is 4.79 Å². The number of aliphatic imine (C=N–C) groups is 1. The van der Waals surface area contributed by atoms with Gasteiger partial charge in [0.2, 0.25) is 0 Å². The van der Waals surface area contributed by atoms with Crippen molar-refractivity contribution in [1.29, 1.82) is 0 Å². The molecule has 2 aliphatic carbocycles. The standard InChI is InChI=1S/C21H37N3O/c1-2-15-24-19(25)21(23-20(24)22,16-18-11-7-4-8-12-18)14-13-17-9-5-3-6-10-17/h17-18H,2-16H2,1H3,(H2,22,23). The summed E-state index contributed by atoms with van der Waals surface area (Å²) in [6.07, 6.45) is 17.2. The van der Waals surface area contributed by atoms with Gasteiger partial charge < -0.3 is 5.73 Å². The molecule has 0 aromatic carbocycles. The van der Waals surface area contributed by atoms with Gasteiger partial charge in [-0.25, -0.2) is 4.99 Å². The number of carbonyl (C=O) groups excluding carboxylic acids is 1. The van der Waals surface area contributed by atoms with Gasteiger partial charge in [0, 0.05) is 6.54 Å². The molecule has 25 heavy (non-hydrogen) atoms. The zero-order valence-electron chi connectivity index (χ0n) is 16.1. The summed E-state index contributed by atoms with van der Waals surface area (Å²) in [6, 6.07) is 0. The van der Waals surface area contributed by atoms with Crippen molar-refractivity contribution in [2.24, 2.45) is 22.6 Å². The van der Waals surface area contributed by atoms with Crippen LogP contribution in [0.15, 0.2) is 4.99 Å². The van der Waals surface area contributed by atoms with E-state index in [4.69, 9.17) is 10.7 Å². The lowest BCUT2D eigenvalue weighted by atomic mass is 9.75. The van der Waals surface area contributed by atoms with E-state index in [0.29, 0.717) is 18.4 Å². The van der Waals surface area contributed by atoms with Gasteiger partial charge in [-0.1, -0.05) is 71.1 Å². The van der Waals surface area contributed by atoms with Crippen molar-refractivity contribution in [1.82, 2.24) is 4.90 Å². The third-order valence-corrected chi connectivity index (χ3v) is 6.74. The third kappa shape index (κ3) is 4.38. The molecule has 0 saturated heterocycles. The van der Waals surface area contributed by atoms with E-state index in [1.807, 2.05) is 0 Å². The smallest absolute Gasteiger partial charge is 0.257 e. The summed E-state index contributed by atoms with van der Waals surface area (Å²) in [5.74, 6) is 2.13. The van der Waals surface area contributed by atoms with Gasteiger partial charge in [0.05, 0.1) is 0 Å². The summed E-state index contributed by atoms with van der Waals surface area (Å²) in [5.41, 5.74) is 5.66. The highest BCUT2D eigenvalue weighted by atomic mass is 16.2. The maximum atomic E-state index is 13.3. The number of hydrogen-bond acceptors (Lipinski definition) is 3. The highest BCUT2D eigenvalue weighted by Gasteiger charge is 2.48. The van der Waals surface area contributed by atoms with Gasteiger partial charge in [-0.05, 0) is 37.5 Å². The van der Waals surface area contributed by atoms with Gasteiger partial charge in [-0.2, -0.15) is 0 Å². The van der Waals surface area contributed by atoms with Gasteiger partial charge >= 0.3 is 0 Å². The molecule has 2 fully saturated rings. The number of guanidine groups is 1. The van der Waals surface area contributed by atoms with E-state index in [0.717, 1.165) is 31.6 Å². The summed E-state index contributed by atoms with van der Waals surface area (Å²) < 4.78 is 0. The van der Waals surface area contributed by atoms with Crippen LogP contribution in [0, 0.1) is 11.8 Å². The van der Waals surface area contributed by atoms with Gasteiger partial charge in [-0.3, -0.25) is 9.69 Å². The van der Waals surface area contributed by atoms with Crippen LogP contribution in [0.5, 0.6) is 0 Å². The number of nitrogens with two attached hydrogens (primary N) is 1. The highest BCUT2D eigenvalue weighted by Crippen LogP contribution is 2.40.